The Morgan fingerprint density at radius 3 is 2.41 bits per heavy atom. The molecule has 0 amide bonds. The Morgan fingerprint density at radius 1 is 1.06 bits per heavy atom. The molecule has 1 N–H and O–H groups in total. The number of benzene rings is 1. The average molecular weight is 457 g/mol. The molecule has 3 aromatic rings. The highest BCUT2D eigenvalue weighted by molar-refractivity contribution is 7.92. The second-order valence-corrected chi connectivity index (χ2v) is 9.68. The molecule has 8 nitrogen and oxygen atoms in total. The highest BCUT2D eigenvalue weighted by Crippen LogP contribution is 2.30. The van der Waals surface area contributed by atoms with Crippen molar-refractivity contribution in [3.63, 3.8) is 0 Å². The van der Waals surface area contributed by atoms with Crippen LogP contribution in [0, 0.1) is 20.8 Å². The van der Waals surface area contributed by atoms with Crippen molar-refractivity contribution in [2.45, 2.75) is 40.5 Å². The van der Waals surface area contributed by atoms with Crippen molar-refractivity contribution < 1.29 is 13.2 Å². The van der Waals surface area contributed by atoms with Crippen LogP contribution in [0.25, 0.3) is 11.3 Å². The second-order valence-electron chi connectivity index (χ2n) is 7.84. The lowest BCUT2D eigenvalue weighted by Crippen LogP contribution is -2.18. The van der Waals surface area contributed by atoms with E-state index in [2.05, 4.69) is 14.7 Å². The summed E-state index contributed by atoms with van der Waals surface area (Å²) in [7, 11) is -1.93. The third-order valence-electron chi connectivity index (χ3n) is 5.05. The van der Waals surface area contributed by atoms with Crippen molar-refractivity contribution in [3.05, 3.63) is 63.6 Å². The van der Waals surface area contributed by atoms with E-state index in [0.717, 1.165) is 17.5 Å². The Morgan fingerprint density at radius 2 is 1.75 bits per heavy atom. The molecule has 0 aliphatic heterocycles. The Labute approximate surface area is 188 Å². The zero-order valence-electron chi connectivity index (χ0n) is 19.0. The molecule has 0 atom stereocenters. The fourth-order valence-electron chi connectivity index (χ4n) is 3.25. The topological polar surface area (TPSA) is 103 Å². The summed E-state index contributed by atoms with van der Waals surface area (Å²) in [6.07, 6.45) is 2.96. The first-order chi connectivity index (χ1) is 15.1. The molecule has 0 saturated heterocycles. The monoisotopic (exact) mass is 456 g/mol. The number of aromatic nitrogens is 3. The maximum atomic E-state index is 12.5. The van der Waals surface area contributed by atoms with E-state index in [4.69, 9.17) is 4.74 Å². The lowest BCUT2D eigenvalue weighted by Gasteiger charge is -2.14. The van der Waals surface area contributed by atoms with Gasteiger partial charge in [0.05, 0.1) is 11.4 Å². The van der Waals surface area contributed by atoms with Crippen LogP contribution in [0.15, 0.2) is 41.3 Å². The Bertz CT molecular complexity index is 1280. The van der Waals surface area contributed by atoms with Crippen molar-refractivity contribution in [3.8, 4) is 23.0 Å². The standard InChI is InChI=1S/C23H28N4O4S/c1-6-7-11-32(29,30)26-20-13-19(18-14-27(5)21(28)12-17(18)4)24-23(25-20)31-22-15(2)9-8-10-16(22)3/h8-10,12-14H,6-7,11H2,1-5H3,(H,24,25,26). The molecule has 32 heavy (non-hydrogen) atoms. The predicted molar refractivity (Wildman–Crippen MR) is 126 cm³/mol. The van der Waals surface area contributed by atoms with Gasteiger partial charge in [0.15, 0.2) is 0 Å². The summed E-state index contributed by atoms with van der Waals surface area (Å²) in [5.74, 6) is 0.719. The first-order valence-electron chi connectivity index (χ1n) is 10.4. The van der Waals surface area contributed by atoms with Crippen LogP contribution in [0.3, 0.4) is 0 Å². The summed E-state index contributed by atoms with van der Waals surface area (Å²) >= 11 is 0. The van der Waals surface area contributed by atoms with Crippen LogP contribution in [0.2, 0.25) is 0 Å². The molecule has 170 valence electrons. The molecule has 2 heterocycles. The van der Waals surface area contributed by atoms with Crippen molar-refractivity contribution in [2.75, 3.05) is 10.5 Å². The maximum Gasteiger partial charge on any atom is 0.324 e. The molecule has 0 aliphatic carbocycles. The number of unbranched alkanes of at least 4 members (excludes halogenated alkanes) is 1. The van der Waals surface area contributed by atoms with E-state index in [1.54, 1.807) is 26.2 Å². The van der Waals surface area contributed by atoms with Gasteiger partial charge >= 0.3 is 6.01 Å². The minimum Gasteiger partial charge on any atom is -0.424 e. The molecular formula is C23H28N4O4S. The van der Waals surface area contributed by atoms with Crippen LogP contribution in [-0.4, -0.2) is 28.7 Å². The van der Waals surface area contributed by atoms with E-state index >= 15 is 0 Å². The van der Waals surface area contributed by atoms with Gasteiger partial charge < -0.3 is 9.30 Å². The number of rotatable bonds is 8. The summed E-state index contributed by atoms with van der Waals surface area (Å²) < 4.78 is 35.0. The van der Waals surface area contributed by atoms with Crippen LogP contribution in [0.1, 0.15) is 36.5 Å². The Balaban J connectivity index is 2.12. The number of sulfonamides is 1. The van der Waals surface area contributed by atoms with E-state index < -0.39 is 10.0 Å². The first kappa shape index (κ1) is 23.5. The summed E-state index contributed by atoms with van der Waals surface area (Å²) in [5, 5.41) is 0. The van der Waals surface area contributed by atoms with Crippen LogP contribution in [-0.2, 0) is 17.1 Å². The van der Waals surface area contributed by atoms with Crippen LogP contribution >= 0.6 is 0 Å². The molecule has 0 bridgehead atoms. The van der Waals surface area contributed by atoms with Gasteiger partial charge in [-0.15, -0.1) is 0 Å². The normalized spacial score (nSPS) is 11.4. The number of anilines is 1. The number of pyridine rings is 1. The lowest BCUT2D eigenvalue weighted by molar-refractivity contribution is 0.437. The number of aryl methyl sites for hydroxylation is 4. The molecule has 1 aromatic carbocycles. The molecule has 2 aromatic heterocycles. The first-order valence-corrected chi connectivity index (χ1v) is 12.1. The van der Waals surface area contributed by atoms with Gasteiger partial charge in [0.1, 0.15) is 11.6 Å². The number of ether oxygens (including phenoxy) is 1. The number of nitrogens with zero attached hydrogens (tertiary/aromatic N) is 3. The van der Waals surface area contributed by atoms with E-state index in [1.807, 2.05) is 39.0 Å². The van der Waals surface area contributed by atoms with Crippen molar-refractivity contribution in [1.29, 1.82) is 0 Å². The third kappa shape index (κ3) is 5.53. The molecule has 0 saturated carbocycles. The number of hydrogen-bond acceptors (Lipinski definition) is 6. The van der Waals surface area contributed by atoms with Gasteiger partial charge in [-0.05, 0) is 43.9 Å². The van der Waals surface area contributed by atoms with Gasteiger partial charge in [0.2, 0.25) is 10.0 Å². The SMILES string of the molecule is CCCCS(=O)(=O)Nc1cc(-c2cn(C)c(=O)cc2C)nc(Oc2c(C)cccc2C)n1. The molecule has 0 fully saturated rings. The fraction of sp³-hybridized carbons (Fsp3) is 0.348. The molecule has 0 spiro atoms. The van der Waals surface area contributed by atoms with Crippen LogP contribution < -0.4 is 15.0 Å². The maximum absolute atomic E-state index is 12.5. The minimum absolute atomic E-state index is 0.00516. The third-order valence-corrected chi connectivity index (χ3v) is 6.39. The van der Waals surface area contributed by atoms with E-state index in [9.17, 15) is 13.2 Å². The predicted octanol–water partition coefficient (Wildman–Crippen LogP) is 4.10. The quantitative estimate of drug-likeness (QED) is 0.547. The fourth-order valence-corrected chi connectivity index (χ4v) is 4.44. The Hall–Kier alpha value is -3.20. The van der Waals surface area contributed by atoms with Crippen molar-refractivity contribution >= 4 is 15.8 Å². The largest absolute Gasteiger partial charge is 0.424 e. The zero-order valence-corrected chi connectivity index (χ0v) is 19.8. The smallest absolute Gasteiger partial charge is 0.324 e. The molecular weight excluding hydrogens is 428 g/mol. The molecule has 0 radical (unpaired) electrons. The molecule has 0 unspecified atom stereocenters. The van der Waals surface area contributed by atoms with Gasteiger partial charge in [-0.25, -0.2) is 8.42 Å². The second kappa shape index (κ2) is 9.52. The highest BCUT2D eigenvalue weighted by atomic mass is 32.2. The number of nitrogens with one attached hydrogen (secondary N) is 1. The van der Waals surface area contributed by atoms with E-state index in [1.165, 1.54) is 10.6 Å². The average Bonchev–Trinajstić information content (AvgIpc) is 2.71. The van der Waals surface area contributed by atoms with Crippen LogP contribution in [0.5, 0.6) is 11.8 Å². The molecule has 9 heteroatoms. The summed E-state index contributed by atoms with van der Waals surface area (Å²) in [4.78, 5) is 20.8. The van der Waals surface area contributed by atoms with Gasteiger partial charge in [-0.2, -0.15) is 9.97 Å². The highest BCUT2D eigenvalue weighted by Gasteiger charge is 2.17. The summed E-state index contributed by atoms with van der Waals surface area (Å²) in [6, 6.07) is 8.83. The Kier molecular flexibility index (Phi) is 6.98. The zero-order chi connectivity index (χ0) is 23.5. The van der Waals surface area contributed by atoms with E-state index in [-0.39, 0.29) is 23.1 Å². The number of para-hydroxylation sites is 1. The van der Waals surface area contributed by atoms with Crippen molar-refractivity contribution in [1.82, 2.24) is 14.5 Å². The molecule has 3 rings (SSSR count). The van der Waals surface area contributed by atoms with Gasteiger partial charge in [0.25, 0.3) is 5.56 Å². The molecule has 0 aliphatic rings. The summed E-state index contributed by atoms with van der Waals surface area (Å²) in [6.45, 7) is 7.56. The summed E-state index contributed by atoms with van der Waals surface area (Å²) in [5.41, 5.74) is 3.50. The van der Waals surface area contributed by atoms with Gasteiger partial charge in [0, 0.05) is 30.9 Å². The lowest BCUT2D eigenvalue weighted by atomic mass is 10.1. The van der Waals surface area contributed by atoms with E-state index in [0.29, 0.717) is 29.0 Å². The van der Waals surface area contributed by atoms with Gasteiger partial charge in [-0.3, -0.25) is 9.52 Å². The van der Waals surface area contributed by atoms with Crippen molar-refractivity contribution in [2.24, 2.45) is 7.05 Å². The van der Waals surface area contributed by atoms with Crippen LogP contribution in [0.4, 0.5) is 5.82 Å². The van der Waals surface area contributed by atoms with Gasteiger partial charge in [-0.1, -0.05) is 31.5 Å². The number of hydrogen-bond donors (Lipinski definition) is 1. The minimum atomic E-state index is -3.58.